The summed E-state index contributed by atoms with van der Waals surface area (Å²) in [6.07, 6.45) is 0. The van der Waals surface area contributed by atoms with Gasteiger partial charge in [0, 0.05) is 33.0 Å². The molecule has 5 nitrogen and oxygen atoms in total. The first-order valence-corrected chi connectivity index (χ1v) is 19.1. The Kier molecular flexibility index (Phi) is 6.86. The van der Waals surface area contributed by atoms with Crippen molar-refractivity contribution >= 4 is 75.7 Å². The summed E-state index contributed by atoms with van der Waals surface area (Å²) in [6, 6.07) is 63.6. The smallest absolute Gasteiger partial charge is 0.227 e. The highest BCUT2D eigenvalue weighted by Gasteiger charge is 2.18. The third-order valence-corrected chi connectivity index (χ3v) is 11.3. The lowest BCUT2D eigenvalue weighted by Crippen LogP contribution is -2.00. The van der Waals surface area contributed by atoms with Gasteiger partial charge in [0.25, 0.3) is 0 Å². The zero-order chi connectivity index (χ0) is 37.5. The zero-order valence-corrected chi connectivity index (χ0v) is 30.5. The van der Waals surface area contributed by atoms with E-state index in [1.807, 2.05) is 36.4 Å². The van der Waals surface area contributed by atoms with E-state index in [2.05, 4.69) is 146 Å². The van der Waals surface area contributed by atoms with Crippen molar-refractivity contribution in [3.05, 3.63) is 182 Å². The van der Waals surface area contributed by atoms with E-state index in [-0.39, 0.29) is 0 Å². The molecule has 0 atom stereocenters. The molecule has 57 heavy (non-hydrogen) atoms. The number of benzene rings is 10. The topological polar surface area (TPSA) is 64.7 Å². The number of hydrogen-bond donors (Lipinski definition) is 0. The van der Waals surface area contributed by atoms with Crippen LogP contribution in [0.1, 0.15) is 0 Å². The van der Waals surface area contributed by atoms with Crippen LogP contribution in [0.15, 0.2) is 186 Å². The molecular weight excluding hydrogens is 697 g/mol. The molecule has 0 bridgehead atoms. The average Bonchev–Trinajstić information content (AvgIpc) is 3.73. The van der Waals surface area contributed by atoms with Gasteiger partial charge in [-0.25, -0.2) is 19.9 Å². The second kappa shape index (κ2) is 12.4. The molecule has 0 radical (unpaired) electrons. The summed E-state index contributed by atoms with van der Waals surface area (Å²) in [5, 5.41) is 13.7. The molecule has 2 heterocycles. The molecule has 264 valence electrons. The Morgan fingerprint density at radius 2 is 0.789 bits per heavy atom. The minimum Gasteiger partial charge on any atom is -0.435 e. The highest BCUT2D eigenvalue weighted by atomic mass is 16.3. The van der Waals surface area contributed by atoms with Gasteiger partial charge >= 0.3 is 0 Å². The zero-order valence-electron chi connectivity index (χ0n) is 30.5. The van der Waals surface area contributed by atoms with E-state index in [1.54, 1.807) is 0 Å². The highest BCUT2D eigenvalue weighted by Crippen LogP contribution is 2.39. The Bertz CT molecular complexity index is 3590. The van der Waals surface area contributed by atoms with Crippen LogP contribution in [0.5, 0.6) is 0 Å². The van der Waals surface area contributed by atoms with Crippen LogP contribution in [0.2, 0.25) is 0 Å². The minimum absolute atomic E-state index is 0.616. The van der Waals surface area contributed by atoms with E-state index in [0.29, 0.717) is 23.4 Å². The molecule has 0 aliphatic carbocycles. The molecule has 10 aromatic carbocycles. The van der Waals surface area contributed by atoms with Crippen LogP contribution in [0, 0.1) is 0 Å². The summed E-state index contributed by atoms with van der Waals surface area (Å²) < 4.78 is 6.56. The van der Waals surface area contributed by atoms with E-state index in [4.69, 9.17) is 24.4 Å². The van der Waals surface area contributed by atoms with Crippen LogP contribution in [0.4, 0.5) is 0 Å². The van der Waals surface area contributed by atoms with Gasteiger partial charge in [-0.15, -0.1) is 0 Å². The van der Waals surface area contributed by atoms with Crippen molar-refractivity contribution in [1.82, 2.24) is 19.9 Å². The van der Waals surface area contributed by atoms with Gasteiger partial charge in [-0.3, -0.25) is 0 Å². The van der Waals surface area contributed by atoms with Crippen molar-refractivity contribution in [2.45, 2.75) is 0 Å². The van der Waals surface area contributed by atoms with Gasteiger partial charge in [0.05, 0.1) is 0 Å². The first kappa shape index (κ1) is 31.6. The Morgan fingerprint density at radius 3 is 1.53 bits per heavy atom. The van der Waals surface area contributed by atoms with Gasteiger partial charge < -0.3 is 4.42 Å². The predicted octanol–water partition coefficient (Wildman–Crippen LogP) is 13.6. The quantitative estimate of drug-likeness (QED) is 0.169. The van der Waals surface area contributed by atoms with E-state index < -0.39 is 0 Å². The molecule has 12 rings (SSSR count). The molecular formula is C52H30N4O. The van der Waals surface area contributed by atoms with Gasteiger partial charge in [-0.2, -0.15) is 0 Å². The second-order valence-electron chi connectivity index (χ2n) is 14.7. The summed E-state index contributed by atoms with van der Waals surface area (Å²) in [5.74, 6) is 2.49. The lowest BCUT2D eigenvalue weighted by Gasteiger charge is -2.12. The predicted molar refractivity (Wildman–Crippen MR) is 234 cm³/mol. The second-order valence-corrected chi connectivity index (χ2v) is 14.7. The maximum atomic E-state index is 6.56. The third-order valence-electron chi connectivity index (χ3n) is 11.3. The highest BCUT2D eigenvalue weighted by molar-refractivity contribution is 6.26. The van der Waals surface area contributed by atoms with Gasteiger partial charge in [0.1, 0.15) is 5.52 Å². The molecule has 0 spiro atoms. The number of hydrogen-bond acceptors (Lipinski definition) is 5. The first-order chi connectivity index (χ1) is 28.2. The number of nitrogens with zero attached hydrogens (tertiary/aromatic N) is 4. The van der Waals surface area contributed by atoms with Crippen molar-refractivity contribution in [3.63, 3.8) is 0 Å². The summed E-state index contributed by atoms with van der Waals surface area (Å²) in [5.41, 5.74) is 5.37. The Labute approximate surface area is 326 Å². The summed E-state index contributed by atoms with van der Waals surface area (Å²) in [6.45, 7) is 0. The van der Waals surface area contributed by atoms with Crippen molar-refractivity contribution in [2.75, 3.05) is 0 Å². The maximum Gasteiger partial charge on any atom is 0.227 e. The number of fused-ring (bicyclic) bond motifs is 11. The normalized spacial score (nSPS) is 11.9. The van der Waals surface area contributed by atoms with Gasteiger partial charge in [0.15, 0.2) is 23.1 Å². The van der Waals surface area contributed by atoms with Gasteiger partial charge in [-0.05, 0) is 90.3 Å². The molecule has 0 N–H and O–H groups in total. The van der Waals surface area contributed by atoms with Crippen molar-refractivity contribution in [2.24, 2.45) is 0 Å². The SMILES string of the molecule is c1ccc(-c2nc3ccc4ccc5ccc6cc(-c7nc(-c8ccc9ccccc9c8)nc(-c8ccc9c(ccc%10ccccc%109)c8)n7)ccc6c5c4c3o2)cc1. The van der Waals surface area contributed by atoms with Gasteiger partial charge in [0.2, 0.25) is 5.89 Å². The van der Waals surface area contributed by atoms with Crippen LogP contribution in [0.3, 0.4) is 0 Å². The molecule has 0 aliphatic rings. The Hall–Kier alpha value is -7.76. The standard InChI is InChI=1S/C52H30N4O/c1-2-10-35(11-3-1)52-53-45-27-24-34-17-16-33-18-20-38-30-41(23-26-44(38)46(33)47(34)48(45)57-52)51-55-49(39-21-14-31-8-4-5-12-36(31)28-39)54-50(56-51)40-22-25-43-37(29-40)19-15-32-9-6-7-13-42(32)43/h1-30H. The van der Waals surface area contributed by atoms with Crippen LogP contribution in [0.25, 0.3) is 121 Å². The molecule has 0 saturated carbocycles. The summed E-state index contributed by atoms with van der Waals surface area (Å²) >= 11 is 0. The Morgan fingerprint density at radius 1 is 0.298 bits per heavy atom. The van der Waals surface area contributed by atoms with Crippen molar-refractivity contribution < 1.29 is 4.42 Å². The molecule has 0 amide bonds. The molecule has 5 heteroatoms. The van der Waals surface area contributed by atoms with Crippen LogP contribution in [-0.4, -0.2) is 19.9 Å². The Balaban J connectivity index is 1.05. The van der Waals surface area contributed by atoms with E-state index >= 15 is 0 Å². The molecule has 0 fully saturated rings. The lowest BCUT2D eigenvalue weighted by atomic mass is 9.95. The molecule has 0 saturated heterocycles. The molecule has 2 aromatic heterocycles. The van der Waals surface area contributed by atoms with Gasteiger partial charge in [-0.1, -0.05) is 146 Å². The maximum absolute atomic E-state index is 6.56. The average molecular weight is 727 g/mol. The summed E-state index contributed by atoms with van der Waals surface area (Å²) in [4.78, 5) is 20.4. The summed E-state index contributed by atoms with van der Waals surface area (Å²) in [7, 11) is 0. The van der Waals surface area contributed by atoms with Crippen molar-refractivity contribution in [1.29, 1.82) is 0 Å². The third kappa shape index (κ3) is 5.17. The molecule has 0 unspecified atom stereocenters. The van der Waals surface area contributed by atoms with Crippen molar-refractivity contribution in [3.8, 4) is 45.6 Å². The van der Waals surface area contributed by atoms with E-state index in [9.17, 15) is 0 Å². The first-order valence-electron chi connectivity index (χ1n) is 19.1. The largest absolute Gasteiger partial charge is 0.435 e. The number of aromatic nitrogens is 4. The van der Waals surface area contributed by atoms with Crippen LogP contribution < -0.4 is 0 Å². The fourth-order valence-electron chi connectivity index (χ4n) is 8.44. The van der Waals surface area contributed by atoms with Crippen LogP contribution >= 0.6 is 0 Å². The molecule has 0 aliphatic heterocycles. The van der Waals surface area contributed by atoms with Crippen LogP contribution in [-0.2, 0) is 0 Å². The molecule has 12 aromatic rings. The monoisotopic (exact) mass is 726 g/mol. The van der Waals surface area contributed by atoms with E-state index in [0.717, 1.165) is 76.4 Å². The minimum atomic E-state index is 0.616. The lowest BCUT2D eigenvalue weighted by molar-refractivity contribution is 0.623. The number of rotatable bonds is 4. The fraction of sp³-hybridized carbons (Fsp3) is 0. The fourth-order valence-corrected chi connectivity index (χ4v) is 8.44. The number of oxazole rings is 1. The van der Waals surface area contributed by atoms with E-state index in [1.165, 1.54) is 21.5 Å².